The van der Waals surface area contributed by atoms with Gasteiger partial charge < -0.3 is 15.5 Å². The van der Waals surface area contributed by atoms with E-state index in [1.165, 1.54) is 0 Å². The van der Waals surface area contributed by atoms with Crippen molar-refractivity contribution in [2.75, 3.05) is 48.4 Å². The summed E-state index contributed by atoms with van der Waals surface area (Å²) in [4.78, 5) is 17.8. The number of nitrogens with zero attached hydrogens (tertiary/aromatic N) is 2. The number of rotatable bonds is 4. The molecule has 2 N–H and O–H groups in total. The van der Waals surface area contributed by atoms with Crippen LogP contribution in [-0.4, -0.2) is 57.5 Å². The first-order chi connectivity index (χ1) is 9.44. The number of aromatic nitrogens is 1. The molecule has 7 nitrogen and oxygen atoms in total. The number of anilines is 2. The molecule has 2 rings (SSSR count). The second kappa shape index (κ2) is 7.58. The lowest BCUT2D eigenvalue weighted by Crippen LogP contribution is -2.43. The molecule has 118 valence electrons. The van der Waals surface area contributed by atoms with Gasteiger partial charge in [0.25, 0.3) is 0 Å². The van der Waals surface area contributed by atoms with Crippen molar-refractivity contribution in [2.24, 2.45) is 0 Å². The fraction of sp³-hybridized carbons (Fsp3) is 0.500. The molecule has 0 saturated carbocycles. The van der Waals surface area contributed by atoms with Gasteiger partial charge in [-0.1, -0.05) is 0 Å². The molecule has 0 aromatic carbocycles. The Hall–Kier alpha value is -1.38. The summed E-state index contributed by atoms with van der Waals surface area (Å²) < 4.78 is 22.0. The average molecular weight is 335 g/mol. The highest BCUT2D eigenvalue weighted by Gasteiger charge is 2.13. The van der Waals surface area contributed by atoms with Crippen molar-refractivity contribution in [3.8, 4) is 0 Å². The number of sulfone groups is 1. The zero-order chi connectivity index (χ0) is 14.6. The Morgan fingerprint density at radius 2 is 2.05 bits per heavy atom. The van der Waals surface area contributed by atoms with E-state index in [1.807, 2.05) is 6.07 Å². The first-order valence-corrected chi connectivity index (χ1v) is 8.39. The molecular weight excluding hydrogens is 316 g/mol. The first-order valence-electron chi connectivity index (χ1n) is 6.33. The number of nitrogens with one attached hydrogen (secondary N) is 2. The molecule has 0 unspecified atom stereocenters. The molecule has 0 aliphatic carbocycles. The Labute approximate surface area is 130 Å². The van der Waals surface area contributed by atoms with Crippen LogP contribution in [0, 0.1) is 0 Å². The van der Waals surface area contributed by atoms with Gasteiger partial charge in [0, 0.05) is 32.4 Å². The molecule has 0 radical (unpaired) electrons. The van der Waals surface area contributed by atoms with Crippen LogP contribution >= 0.6 is 12.4 Å². The zero-order valence-electron chi connectivity index (χ0n) is 11.7. The maximum Gasteiger partial charge on any atom is 0.240 e. The van der Waals surface area contributed by atoms with Gasteiger partial charge in [-0.2, -0.15) is 0 Å². The van der Waals surface area contributed by atoms with Gasteiger partial charge in [-0.3, -0.25) is 4.79 Å². The number of carbonyl (C=O) groups is 1. The molecule has 0 spiro atoms. The van der Waals surface area contributed by atoms with Crippen molar-refractivity contribution in [1.29, 1.82) is 0 Å². The smallest absolute Gasteiger partial charge is 0.240 e. The van der Waals surface area contributed by atoms with E-state index < -0.39 is 21.5 Å². The van der Waals surface area contributed by atoms with Crippen LogP contribution in [0.2, 0.25) is 0 Å². The third-order valence-electron chi connectivity index (χ3n) is 2.89. The van der Waals surface area contributed by atoms with E-state index >= 15 is 0 Å². The van der Waals surface area contributed by atoms with Gasteiger partial charge in [-0.25, -0.2) is 13.4 Å². The Morgan fingerprint density at radius 1 is 1.38 bits per heavy atom. The predicted molar refractivity (Wildman–Crippen MR) is 84.9 cm³/mol. The Bertz CT molecular complexity index is 571. The number of amides is 1. The maximum absolute atomic E-state index is 11.5. The van der Waals surface area contributed by atoms with E-state index in [0.717, 1.165) is 38.1 Å². The Kier molecular flexibility index (Phi) is 6.38. The van der Waals surface area contributed by atoms with Crippen molar-refractivity contribution in [2.45, 2.75) is 0 Å². The maximum atomic E-state index is 11.5. The normalized spacial score (nSPS) is 15.2. The van der Waals surface area contributed by atoms with Gasteiger partial charge in [0.1, 0.15) is 11.6 Å². The molecule has 1 aliphatic rings. The van der Waals surface area contributed by atoms with Gasteiger partial charge in [0.05, 0.1) is 11.9 Å². The van der Waals surface area contributed by atoms with E-state index in [4.69, 9.17) is 0 Å². The second-order valence-corrected chi connectivity index (χ2v) is 6.90. The number of piperazine rings is 1. The monoisotopic (exact) mass is 334 g/mol. The minimum absolute atomic E-state index is 0. The van der Waals surface area contributed by atoms with Crippen molar-refractivity contribution in [3.05, 3.63) is 18.3 Å². The molecular formula is C12H19ClN4O3S. The van der Waals surface area contributed by atoms with Crippen molar-refractivity contribution in [3.63, 3.8) is 0 Å². The van der Waals surface area contributed by atoms with Crippen LogP contribution in [0.3, 0.4) is 0 Å². The summed E-state index contributed by atoms with van der Waals surface area (Å²) in [7, 11) is -3.32. The molecule has 1 aromatic rings. The van der Waals surface area contributed by atoms with Crippen LogP contribution in [0.5, 0.6) is 0 Å². The minimum atomic E-state index is -3.32. The molecule has 2 heterocycles. The van der Waals surface area contributed by atoms with Crippen LogP contribution < -0.4 is 15.5 Å². The summed E-state index contributed by atoms with van der Waals surface area (Å²) in [5.74, 6) is -0.749. The summed E-state index contributed by atoms with van der Waals surface area (Å²) in [6.07, 6.45) is 2.70. The van der Waals surface area contributed by atoms with Gasteiger partial charge in [0.15, 0.2) is 9.84 Å². The third kappa shape index (κ3) is 5.86. The van der Waals surface area contributed by atoms with E-state index in [-0.39, 0.29) is 12.4 Å². The molecule has 0 atom stereocenters. The standard InChI is InChI=1S/C12H18N4O3S.ClH/c1-20(18,19)9-12(17)15-11-3-2-10(8-14-11)16-6-4-13-5-7-16;/h2-3,8,13H,4-7,9H2,1H3,(H,14,15,17);1H. The van der Waals surface area contributed by atoms with Gasteiger partial charge in [0.2, 0.25) is 5.91 Å². The number of hydrogen-bond donors (Lipinski definition) is 2. The van der Waals surface area contributed by atoms with Crippen LogP contribution in [0.1, 0.15) is 0 Å². The largest absolute Gasteiger partial charge is 0.368 e. The fourth-order valence-corrected chi connectivity index (χ4v) is 2.54. The third-order valence-corrected chi connectivity index (χ3v) is 3.68. The molecule has 1 aliphatic heterocycles. The highest BCUT2D eigenvalue weighted by atomic mass is 35.5. The fourth-order valence-electron chi connectivity index (χ4n) is 1.99. The first kappa shape index (κ1) is 17.7. The van der Waals surface area contributed by atoms with Crippen LogP contribution in [-0.2, 0) is 14.6 Å². The molecule has 1 aromatic heterocycles. The highest BCUT2D eigenvalue weighted by Crippen LogP contribution is 2.15. The minimum Gasteiger partial charge on any atom is -0.368 e. The lowest BCUT2D eigenvalue weighted by atomic mass is 10.3. The average Bonchev–Trinajstić information content (AvgIpc) is 2.38. The van der Waals surface area contributed by atoms with E-state index in [1.54, 1.807) is 12.3 Å². The molecule has 1 fully saturated rings. The SMILES string of the molecule is CS(=O)(=O)CC(=O)Nc1ccc(N2CCNCC2)cn1.Cl. The van der Waals surface area contributed by atoms with E-state index in [0.29, 0.717) is 5.82 Å². The van der Waals surface area contributed by atoms with Crippen LogP contribution in [0.15, 0.2) is 18.3 Å². The molecule has 1 amide bonds. The van der Waals surface area contributed by atoms with Crippen molar-refractivity contribution >= 4 is 39.7 Å². The van der Waals surface area contributed by atoms with Crippen LogP contribution in [0.4, 0.5) is 11.5 Å². The highest BCUT2D eigenvalue weighted by molar-refractivity contribution is 7.91. The summed E-state index contributed by atoms with van der Waals surface area (Å²) in [5, 5.41) is 5.74. The summed E-state index contributed by atoms with van der Waals surface area (Å²) in [6, 6.07) is 3.55. The topological polar surface area (TPSA) is 91.4 Å². The summed E-state index contributed by atoms with van der Waals surface area (Å²) in [5.41, 5.74) is 0.993. The molecule has 21 heavy (non-hydrogen) atoms. The van der Waals surface area contributed by atoms with Gasteiger partial charge in [-0.05, 0) is 12.1 Å². The Morgan fingerprint density at radius 3 is 2.57 bits per heavy atom. The summed E-state index contributed by atoms with van der Waals surface area (Å²) in [6.45, 7) is 3.71. The van der Waals surface area contributed by atoms with Gasteiger partial charge in [-0.15, -0.1) is 12.4 Å². The quantitative estimate of drug-likeness (QED) is 0.798. The lowest BCUT2D eigenvalue weighted by molar-refractivity contribution is -0.113. The summed E-state index contributed by atoms with van der Waals surface area (Å²) >= 11 is 0. The number of carbonyl (C=O) groups excluding carboxylic acids is 1. The number of halogens is 1. The molecule has 1 saturated heterocycles. The van der Waals surface area contributed by atoms with E-state index in [2.05, 4.69) is 20.5 Å². The van der Waals surface area contributed by atoms with Gasteiger partial charge >= 0.3 is 0 Å². The molecule has 9 heteroatoms. The Balaban J connectivity index is 0.00000220. The number of hydrogen-bond acceptors (Lipinski definition) is 6. The predicted octanol–water partition coefficient (Wildman–Crippen LogP) is -0.104. The van der Waals surface area contributed by atoms with Crippen molar-refractivity contribution in [1.82, 2.24) is 10.3 Å². The van der Waals surface area contributed by atoms with Crippen LogP contribution in [0.25, 0.3) is 0 Å². The van der Waals surface area contributed by atoms with E-state index in [9.17, 15) is 13.2 Å². The lowest BCUT2D eigenvalue weighted by Gasteiger charge is -2.29. The zero-order valence-corrected chi connectivity index (χ0v) is 13.3. The second-order valence-electron chi connectivity index (χ2n) is 4.76. The number of pyridine rings is 1. The molecule has 0 bridgehead atoms. The van der Waals surface area contributed by atoms with Crippen molar-refractivity contribution < 1.29 is 13.2 Å².